The summed E-state index contributed by atoms with van der Waals surface area (Å²) in [7, 11) is 1.68. The molecule has 0 spiro atoms. The number of methoxy groups -OCH3 is 1. The van der Waals surface area contributed by atoms with Crippen molar-refractivity contribution in [2.45, 2.75) is 19.3 Å². The molecule has 0 saturated heterocycles. The van der Waals surface area contributed by atoms with E-state index < -0.39 is 0 Å². The average molecular weight is 251 g/mol. The maximum Gasteiger partial charge on any atom is 0.251 e. The summed E-state index contributed by atoms with van der Waals surface area (Å²) in [6.07, 6.45) is 3.37. The van der Waals surface area contributed by atoms with Gasteiger partial charge in [0.15, 0.2) is 0 Å². The van der Waals surface area contributed by atoms with Gasteiger partial charge in [-0.1, -0.05) is 6.42 Å². The molecular weight excluding hydrogens is 233 g/mol. The Balaban J connectivity index is 1.89. The zero-order valence-corrected chi connectivity index (χ0v) is 10.5. The minimum absolute atomic E-state index is 0.102. The second-order valence-electron chi connectivity index (χ2n) is 4.98. The van der Waals surface area contributed by atoms with Gasteiger partial charge in [-0.3, -0.25) is 4.79 Å². The first-order valence-electron chi connectivity index (χ1n) is 6.18. The van der Waals surface area contributed by atoms with Gasteiger partial charge in [-0.2, -0.15) is 0 Å². The van der Waals surface area contributed by atoms with Gasteiger partial charge in [0.2, 0.25) is 0 Å². The standard InChI is InChI=1S/C14H18FNO2/c1-18-10-14(7-2-8-14)9-16-13(17)11-3-5-12(15)6-4-11/h3-6H,2,7-10H2,1H3,(H,16,17). The number of amides is 1. The Bertz CT molecular complexity index is 412. The average Bonchev–Trinajstić information content (AvgIpc) is 2.33. The van der Waals surface area contributed by atoms with Gasteiger partial charge in [0.25, 0.3) is 5.91 Å². The molecule has 1 aromatic rings. The number of benzene rings is 1. The lowest BCUT2D eigenvalue weighted by Gasteiger charge is -2.41. The Labute approximate surface area is 106 Å². The maximum absolute atomic E-state index is 12.7. The van der Waals surface area contributed by atoms with Crippen molar-refractivity contribution in [2.75, 3.05) is 20.3 Å². The van der Waals surface area contributed by atoms with Crippen LogP contribution in [0.2, 0.25) is 0 Å². The highest BCUT2D eigenvalue weighted by Crippen LogP contribution is 2.40. The Morgan fingerprint density at radius 1 is 1.39 bits per heavy atom. The number of hydrogen-bond donors (Lipinski definition) is 1. The number of rotatable bonds is 5. The van der Waals surface area contributed by atoms with Gasteiger partial charge >= 0.3 is 0 Å². The molecule has 98 valence electrons. The Morgan fingerprint density at radius 2 is 2.06 bits per heavy atom. The number of hydrogen-bond acceptors (Lipinski definition) is 2. The van der Waals surface area contributed by atoms with Crippen LogP contribution in [0.1, 0.15) is 29.6 Å². The molecule has 1 aromatic carbocycles. The van der Waals surface area contributed by atoms with E-state index in [1.807, 2.05) is 0 Å². The third kappa shape index (κ3) is 2.88. The summed E-state index contributed by atoms with van der Waals surface area (Å²) < 4.78 is 17.9. The smallest absolute Gasteiger partial charge is 0.251 e. The Kier molecular flexibility index (Phi) is 3.97. The van der Waals surface area contributed by atoms with Crippen LogP contribution in [0.15, 0.2) is 24.3 Å². The molecule has 1 aliphatic rings. The van der Waals surface area contributed by atoms with Crippen molar-refractivity contribution in [2.24, 2.45) is 5.41 Å². The maximum atomic E-state index is 12.7. The highest BCUT2D eigenvalue weighted by molar-refractivity contribution is 5.94. The molecule has 2 rings (SSSR count). The third-order valence-electron chi connectivity index (χ3n) is 3.60. The summed E-state index contributed by atoms with van der Waals surface area (Å²) in [5.74, 6) is -0.487. The van der Waals surface area contributed by atoms with Crippen molar-refractivity contribution in [1.29, 1.82) is 0 Å². The normalized spacial score (nSPS) is 17.0. The van der Waals surface area contributed by atoms with E-state index >= 15 is 0 Å². The predicted molar refractivity (Wildman–Crippen MR) is 66.9 cm³/mol. The van der Waals surface area contributed by atoms with Gasteiger partial charge in [-0.25, -0.2) is 4.39 Å². The number of carbonyl (C=O) groups excluding carboxylic acids is 1. The van der Waals surface area contributed by atoms with Crippen LogP contribution < -0.4 is 5.32 Å². The summed E-state index contributed by atoms with van der Waals surface area (Å²) in [5.41, 5.74) is 0.591. The van der Waals surface area contributed by atoms with Crippen molar-refractivity contribution in [3.8, 4) is 0 Å². The molecule has 0 atom stereocenters. The van der Waals surface area contributed by atoms with E-state index in [1.54, 1.807) is 7.11 Å². The highest BCUT2D eigenvalue weighted by Gasteiger charge is 2.37. The molecular formula is C14H18FNO2. The zero-order valence-electron chi connectivity index (χ0n) is 10.5. The molecule has 0 heterocycles. The number of carbonyl (C=O) groups is 1. The van der Waals surface area contributed by atoms with Gasteiger partial charge in [-0.15, -0.1) is 0 Å². The molecule has 0 bridgehead atoms. The molecule has 4 heteroatoms. The lowest BCUT2D eigenvalue weighted by atomic mass is 9.69. The second-order valence-corrected chi connectivity index (χ2v) is 4.98. The molecule has 1 amide bonds. The first kappa shape index (κ1) is 13.0. The van der Waals surface area contributed by atoms with Crippen LogP contribution in [0.3, 0.4) is 0 Å². The summed E-state index contributed by atoms with van der Waals surface area (Å²) in [6, 6.07) is 5.58. The van der Waals surface area contributed by atoms with E-state index in [0.717, 1.165) is 12.8 Å². The number of halogens is 1. The van der Waals surface area contributed by atoms with Crippen molar-refractivity contribution >= 4 is 5.91 Å². The predicted octanol–water partition coefficient (Wildman–Crippen LogP) is 2.37. The van der Waals surface area contributed by atoms with Crippen molar-refractivity contribution in [3.05, 3.63) is 35.6 Å². The van der Waals surface area contributed by atoms with Crippen molar-refractivity contribution in [1.82, 2.24) is 5.32 Å². The fourth-order valence-electron chi connectivity index (χ4n) is 2.33. The van der Waals surface area contributed by atoms with E-state index in [9.17, 15) is 9.18 Å². The van der Waals surface area contributed by atoms with Gasteiger partial charge in [-0.05, 0) is 37.1 Å². The van der Waals surface area contributed by atoms with Gasteiger partial charge in [0.05, 0.1) is 6.61 Å². The second kappa shape index (κ2) is 5.48. The molecule has 1 N–H and O–H groups in total. The molecule has 18 heavy (non-hydrogen) atoms. The van der Waals surface area contributed by atoms with Gasteiger partial charge in [0, 0.05) is 24.6 Å². The fraction of sp³-hybridized carbons (Fsp3) is 0.500. The van der Waals surface area contributed by atoms with Gasteiger partial charge < -0.3 is 10.1 Å². The summed E-state index contributed by atoms with van der Waals surface area (Å²) in [6.45, 7) is 1.30. The van der Waals surface area contributed by atoms with Crippen LogP contribution in [0.4, 0.5) is 4.39 Å². The molecule has 0 aromatic heterocycles. The summed E-state index contributed by atoms with van der Waals surface area (Å²) in [5, 5.41) is 2.90. The first-order valence-corrected chi connectivity index (χ1v) is 6.18. The van der Waals surface area contributed by atoms with Gasteiger partial charge in [0.1, 0.15) is 5.82 Å². The molecule has 3 nitrogen and oxygen atoms in total. The SMILES string of the molecule is COCC1(CNC(=O)c2ccc(F)cc2)CCC1. The van der Waals surface area contributed by atoms with Crippen LogP contribution in [-0.2, 0) is 4.74 Å². The van der Waals surface area contributed by atoms with E-state index in [-0.39, 0.29) is 17.1 Å². The largest absolute Gasteiger partial charge is 0.384 e. The molecule has 1 saturated carbocycles. The monoisotopic (exact) mass is 251 g/mol. The van der Waals surface area contributed by atoms with Crippen LogP contribution >= 0.6 is 0 Å². The molecule has 0 unspecified atom stereocenters. The fourth-order valence-corrected chi connectivity index (χ4v) is 2.33. The topological polar surface area (TPSA) is 38.3 Å². The Morgan fingerprint density at radius 3 is 2.56 bits per heavy atom. The lowest BCUT2D eigenvalue weighted by Crippen LogP contribution is -2.45. The van der Waals surface area contributed by atoms with Crippen molar-refractivity contribution in [3.63, 3.8) is 0 Å². The van der Waals surface area contributed by atoms with Crippen LogP contribution in [-0.4, -0.2) is 26.2 Å². The molecule has 1 aliphatic carbocycles. The molecule has 0 radical (unpaired) electrons. The summed E-state index contributed by atoms with van der Waals surface area (Å²) in [4.78, 5) is 11.9. The quantitative estimate of drug-likeness (QED) is 0.872. The number of ether oxygens (including phenoxy) is 1. The van der Waals surface area contributed by atoms with Crippen LogP contribution in [0, 0.1) is 11.2 Å². The summed E-state index contributed by atoms with van der Waals surface area (Å²) >= 11 is 0. The lowest BCUT2D eigenvalue weighted by molar-refractivity contribution is 0.0180. The van der Waals surface area contributed by atoms with Crippen LogP contribution in [0.25, 0.3) is 0 Å². The van der Waals surface area contributed by atoms with E-state index in [2.05, 4.69) is 5.32 Å². The zero-order chi connectivity index (χ0) is 13.0. The first-order chi connectivity index (χ1) is 8.65. The molecule has 0 aliphatic heterocycles. The minimum atomic E-state index is -0.332. The molecule has 1 fully saturated rings. The van der Waals surface area contributed by atoms with E-state index in [0.29, 0.717) is 18.7 Å². The Hall–Kier alpha value is -1.42. The number of nitrogens with one attached hydrogen (secondary N) is 1. The third-order valence-corrected chi connectivity index (χ3v) is 3.60. The highest BCUT2D eigenvalue weighted by atomic mass is 19.1. The van der Waals surface area contributed by atoms with E-state index in [1.165, 1.54) is 30.7 Å². The van der Waals surface area contributed by atoms with E-state index in [4.69, 9.17) is 4.74 Å². The van der Waals surface area contributed by atoms with Crippen LogP contribution in [0.5, 0.6) is 0 Å². The van der Waals surface area contributed by atoms with Crippen molar-refractivity contribution < 1.29 is 13.9 Å². The minimum Gasteiger partial charge on any atom is -0.384 e.